The summed E-state index contributed by atoms with van der Waals surface area (Å²) in [5, 5.41) is 2.20. The molecule has 0 amide bonds. The van der Waals surface area contributed by atoms with Gasteiger partial charge in [-0.25, -0.2) is 0 Å². The molecule has 0 nitrogen and oxygen atoms in total. The van der Waals surface area contributed by atoms with Crippen molar-refractivity contribution in [2.45, 2.75) is 19.8 Å². The lowest BCUT2D eigenvalue weighted by molar-refractivity contribution is 1.13. The van der Waals surface area contributed by atoms with E-state index in [-0.39, 0.29) is 0 Å². The Hall–Kier alpha value is -0.210. The Labute approximate surface area is 69.9 Å². The molecule has 0 N–H and O–H groups in total. The molecule has 0 aromatic carbocycles. The van der Waals surface area contributed by atoms with Crippen molar-refractivity contribution in [1.29, 1.82) is 0 Å². The molecule has 2 rings (SSSR count). The summed E-state index contributed by atoms with van der Waals surface area (Å²) >= 11 is 7.08. The fourth-order valence-electron chi connectivity index (χ4n) is 1.41. The van der Waals surface area contributed by atoms with Gasteiger partial charge in [0.2, 0.25) is 0 Å². The predicted octanol–water partition coefficient (Wildman–Crippen LogP) is 2.72. The van der Waals surface area contributed by atoms with Gasteiger partial charge < -0.3 is 0 Å². The molecule has 0 unspecified atom stereocenters. The summed E-state index contributed by atoms with van der Waals surface area (Å²) in [7, 11) is 0. The zero-order valence-electron chi connectivity index (χ0n) is 5.81. The van der Waals surface area contributed by atoms with Crippen molar-refractivity contribution in [3.8, 4) is 0 Å². The van der Waals surface area contributed by atoms with Crippen LogP contribution in [0.2, 0.25) is 0 Å². The Morgan fingerprint density at radius 1 is 1.50 bits per heavy atom. The summed E-state index contributed by atoms with van der Waals surface area (Å²) in [6.45, 7) is 2.15. The number of thiophene rings is 1. The highest BCUT2D eigenvalue weighted by Gasteiger charge is 2.19. The van der Waals surface area contributed by atoms with Gasteiger partial charge in [-0.2, -0.15) is 0 Å². The van der Waals surface area contributed by atoms with Crippen molar-refractivity contribution in [2.24, 2.45) is 0 Å². The van der Waals surface area contributed by atoms with E-state index in [4.69, 9.17) is 12.2 Å². The predicted molar refractivity (Wildman–Crippen MR) is 49.1 cm³/mol. The minimum Gasteiger partial charge on any atom is -0.148 e. The monoisotopic (exact) mass is 168 g/mol. The second kappa shape index (κ2) is 2.14. The first-order valence-corrected chi connectivity index (χ1v) is 4.68. The molecule has 1 aliphatic rings. The Bertz CT molecular complexity index is 283. The Kier molecular flexibility index (Phi) is 1.39. The summed E-state index contributed by atoms with van der Waals surface area (Å²) in [6.07, 6.45) is 2.30. The molecule has 1 aromatic rings. The molecule has 2 heteroatoms. The maximum Gasteiger partial charge on any atom is 0.0241 e. The van der Waals surface area contributed by atoms with E-state index in [9.17, 15) is 0 Å². The topological polar surface area (TPSA) is 0 Å². The van der Waals surface area contributed by atoms with Crippen molar-refractivity contribution >= 4 is 28.4 Å². The Morgan fingerprint density at radius 2 is 2.30 bits per heavy atom. The van der Waals surface area contributed by atoms with Gasteiger partial charge in [-0.05, 0) is 30.7 Å². The van der Waals surface area contributed by atoms with Crippen LogP contribution in [-0.2, 0) is 6.42 Å². The third-order valence-corrected chi connectivity index (χ3v) is 3.48. The van der Waals surface area contributed by atoms with E-state index < -0.39 is 0 Å². The fourth-order valence-corrected chi connectivity index (χ4v) is 2.92. The van der Waals surface area contributed by atoms with Crippen LogP contribution in [-0.4, -0.2) is 4.86 Å². The van der Waals surface area contributed by atoms with Gasteiger partial charge >= 0.3 is 0 Å². The van der Waals surface area contributed by atoms with Crippen LogP contribution < -0.4 is 0 Å². The number of rotatable bonds is 0. The summed E-state index contributed by atoms with van der Waals surface area (Å²) in [5.41, 5.74) is 2.77. The van der Waals surface area contributed by atoms with Crippen molar-refractivity contribution in [3.63, 3.8) is 0 Å². The highest BCUT2D eigenvalue weighted by Crippen LogP contribution is 2.30. The largest absolute Gasteiger partial charge is 0.148 e. The molecule has 0 aliphatic heterocycles. The molecule has 1 aromatic heterocycles. The molecular formula is C8H8S2. The average molecular weight is 168 g/mol. The van der Waals surface area contributed by atoms with Crippen molar-refractivity contribution in [1.82, 2.24) is 0 Å². The highest BCUT2D eigenvalue weighted by atomic mass is 32.1. The van der Waals surface area contributed by atoms with Gasteiger partial charge in [0.05, 0.1) is 0 Å². The average Bonchev–Trinajstić information content (AvgIpc) is 2.40. The molecule has 0 saturated heterocycles. The molecule has 1 aliphatic carbocycles. The molecule has 0 spiro atoms. The van der Waals surface area contributed by atoms with Crippen molar-refractivity contribution in [2.75, 3.05) is 0 Å². The second-order valence-corrected chi connectivity index (χ2v) is 4.10. The molecular weight excluding hydrogens is 160 g/mol. The number of fused-ring (bicyclic) bond motifs is 1. The van der Waals surface area contributed by atoms with E-state index in [1.807, 2.05) is 11.3 Å². The first-order valence-electron chi connectivity index (χ1n) is 3.39. The lowest BCUT2D eigenvalue weighted by Gasteiger charge is -1.91. The van der Waals surface area contributed by atoms with Crippen LogP contribution in [0.15, 0.2) is 5.38 Å². The van der Waals surface area contributed by atoms with Gasteiger partial charge in [-0.3, -0.25) is 0 Å². The lowest BCUT2D eigenvalue weighted by Crippen LogP contribution is -1.88. The quantitative estimate of drug-likeness (QED) is 0.537. The smallest absolute Gasteiger partial charge is 0.0241 e. The molecule has 0 radical (unpaired) electrons. The number of aryl methyl sites for hydroxylation is 2. The maximum atomic E-state index is 5.22. The molecule has 1 heterocycles. The van der Waals surface area contributed by atoms with Gasteiger partial charge in [0.15, 0.2) is 0 Å². The third kappa shape index (κ3) is 0.756. The summed E-state index contributed by atoms with van der Waals surface area (Å²) in [6, 6.07) is 0. The van der Waals surface area contributed by atoms with Crippen LogP contribution in [0.25, 0.3) is 0 Å². The molecule has 0 saturated carbocycles. The van der Waals surface area contributed by atoms with Gasteiger partial charge in [0.25, 0.3) is 0 Å². The molecule has 0 fully saturated rings. The first kappa shape index (κ1) is 6.50. The van der Waals surface area contributed by atoms with Gasteiger partial charge in [-0.1, -0.05) is 12.2 Å². The summed E-state index contributed by atoms with van der Waals surface area (Å²) < 4.78 is 0. The van der Waals surface area contributed by atoms with Crippen LogP contribution in [0, 0.1) is 6.92 Å². The van der Waals surface area contributed by atoms with Crippen LogP contribution in [0.5, 0.6) is 0 Å². The van der Waals surface area contributed by atoms with Gasteiger partial charge in [0.1, 0.15) is 0 Å². The van der Waals surface area contributed by atoms with Crippen molar-refractivity contribution < 1.29 is 0 Å². The maximum absolute atomic E-state index is 5.22. The van der Waals surface area contributed by atoms with Gasteiger partial charge in [0, 0.05) is 15.3 Å². The normalized spacial score (nSPS) is 15.9. The molecule has 52 valence electrons. The SMILES string of the molecule is Cc1csc2c1C(=S)CC2. The fraction of sp³-hybridized carbons (Fsp3) is 0.375. The van der Waals surface area contributed by atoms with E-state index in [0.717, 1.165) is 6.42 Å². The minimum atomic E-state index is 1.11. The minimum absolute atomic E-state index is 1.11. The Morgan fingerprint density at radius 3 is 3.00 bits per heavy atom. The first-order chi connectivity index (χ1) is 4.79. The third-order valence-electron chi connectivity index (χ3n) is 1.91. The van der Waals surface area contributed by atoms with Gasteiger partial charge in [-0.15, -0.1) is 11.3 Å². The van der Waals surface area contributed by atoms with E-state index in [1.54, 1.807) is 0 Å². The van der Waals surface area contributed by atoms with E-state index in [2.05, 4.69) is 12.3 Å². The second-order valence-electron chi connectivity index (χ2n) is 2.64. The summed E-state index contributed by atoms with van der Waals surface area (Å²) in [5.74, 6) is 0. The molecule has 0 bridgehead atoms. The van der Waals surface area contributed by atoms with Crippen molar-refractivity contribution in [3.05, 3.63) is 21.4 Å². The van der Waals surface area contributed by atoms with Crippen LogP contribution in [0.3, 0.4) is 0 Å². The van der Waals surface area contributed by atoms with E-state index in [1.165, 1.54) is 27.3 Å². The highest BCUT2D eigenvalue weighted by molar-refractivity contribution is 7.81. The zero-order valence-corrected chi connectivity index (χ0v) is 7.44. The van der Waals surface area contributed by atoms with E-state index in [0.29, 0.717) is 0 Å². The summed E-state index contributed by atoms with van der Waals surface area (Å²) in [4.78, 5) is 2.68. The number of hydrogen-bond acceptors (Lipinski definition) is 2. The Balaban J connectivity index is 2.65. The number of hydrogen-bond donors (Lipinski definition) is 0. The van der Waals surface area contributed by atoms with Crippen LogP contribution in [0.1, 0.15) is 22.4 Å². The molecule has 0 atom stereocenters. The number of thiocarbonyl (C=S) groups is 1. The molecule has 10 heavy (non-hydrogen) atoms. The zero-order chi connectivity index (χ0) is 7.14. The van der Waals surface area contributed by atoms with Crippen LogP contribution in [0.4, 0.5) is 0 Å². The van der Waals surface area contributed by atoms with E-state index >= 15 is 0 Å². The standard InChI is InChI=1S/C8H8S2/c1-5-4-10-7-3-2-6(9)8(5)7/h4H,2-3H2,1H3. The van der Waals surface area contributed by atoms with Crippen LogP contribution >= 0.6 is 23.6 Å². The lowest BCUT2D eigenvalue weighted by atomic mass is 10.2.